The summed E-state index contributed by atoms with van der Waals surface area (Å²) in [7, 11) is -2.91. The average Bonchev–Trinajstić information content (AvgIpc) is 3.01. The third-order valence-corrected chi connectivity index (χ3v) is 6.17. The second-order valence-corrected chi connectivity index (χ2v) is 11.5. The molecule has 0 fully saturated rings. The molecule has 2 aromatic heterocycles. The van der Waals surface area contributed by atoms with Gasteiger partial charge in [-0.1, -0.05) is 32.9 Å². The van der Waals surface area contributed by atoms with Gasteiger partial charge in [0.1, 0.15) is 11.7 Å². The highest BCUT2D eigenvalue weighted by atomic mass is 32.2. The number of pyridine rings is 1. The number of hydrogen-bond donors (Lipinski definition) is 1. The van der Waals surface area contributed by atoms with E-state index in [0.29, 0.717) is 29.7 Å². The van der Waals surface area contributed by atoms with E-state index in [4.69, 9.17) is 5.14 Å². The normalized spacial score (nSPS) is 14.2. The van der Waals surface area contributed by atoms with Crippen LogP contribution in [0.15, 0.2) is 36.7 Å². The van der Waals surface area contributed by atoms with Gasteiger partial charge in [0.15, 0.2) is 0 Å². The summed E-state index contributed by atoms with van der Waals surface area (Å²) in [5, 5.41) is 5.35. The molecule has 0 bridgehead atoms. The maximum absolute atomic E-state index is 14.2. The van der Waals surface area contributed by atoms with Crippen molar-refractivity contribution in [2.24, 2.45) is 10.6 Å². The van der Waals surface area contributed by atoms with Crippen LogP contribution >= 0.6 is 0 Å². The minimum atomic E-state index is -4.88. The van der Waals surface area contributed by atoms with E-state index in [2.05, 4.69) is 4.98 Å². The largest absolute Gasteiger partial charge is 0.418 e. The molecule has 0 aliphatic carbocycles. The Balaban J connectivity index is 2.27. The molecule has 36 heavy (non-hydrogen) atoms. The Morgan fingerprint density at radius 1 is 1.14 bits per heavy atom. The fraction of sp³-hybridized carbons (Fsp3) is 0.435. The summed E-state index contributed by atoms with van der Waals surface area (Å²) in [4.78, 5) is 4.56. The summed E-state index contributed by atoms with van der Waals surface area (Å²) < 4.78 is 107. The quantitative estimate of drug-likeness (QED) is 0.411. The molecule has 2 N–H and O–H groups in total. The molecule has 1 unspecified atom stereocenters. The highest BCUT2D eigenvalue weighted by Gasteiger charge is 2.36. The molecular formula is C23H26F6N4O2S. The van der Waals surface area contributed by atoms with Crippen molar-refractivity contribution >= 4 is 20.9 Å². The van der Waals surface area contributed by atoms with Crippen molar-refractivity contribution in [3.05, 3.63) is 53.6 Å². The van der Waals surface area contributed by atoms with E-state index in [0.717, 1.165) is 4.90 Å². The van der Waals surface area contributed by atoms with Crippen molar-refractivity contribution < 1.29 is 34.8 Å². The van der Waals surface area contributed by atoms with Gasteiger partial charge in [-0.05, 0) is 24.6 Å². The number of fused-ring (bicyclic) bond motifs is 1. The molecule has 3 rings (SSSR count). The summed E-state index contributed by atoms with van der Waals surface area (Å²) >= 11 is 0. The minimum Gasteiger partial charge on any atom is -0.347 e. The molecule has 3 aromatic rings. The number of hydrogen-bond acceptors (Lipinski definition) is 4. The van der Waals surface area contributed by atoms with Gasteiger partial charge in [0, 0.05) is 34.8 Å². The van der Waals surface area contributed by atoms with Crippen LogP contribution in [0.5, 0.6) is 0 Å². The van der Waals surface area contributed by atoms with E-state index in [1.54, 1.807) is 4.57 Å². The second-order valence-electron chi connectivity index (χ2n) is 9.88. The Bertz CT molecular complexity index is 1360. The van der Waals surface area contributed by atoms with E-state index in [9.17, 15) is 34.8 Å². The fourth-order valence-corrected chi connectivity index (χ4v) is 4.89. The molecule has 0 aliphatic rings. The SMILES string of the molecule is CN(CS(N)(=O)=O)C(c1cn(CC(C)(C)C)c2cc(-c3ncc(F)cc3C(F)(F)F)ccc12)C(F)F. The lowest BCUT2D eigenvalue weighted by atomic mass is 9.97. The molecule has 0 amide bonds. The van der Waals surface area contributed by atoms with Gasteiger partial charge in [-0.3, -0.25) is 9.88 Å². The Morgan fingerprint density at radius 2 is 1.78 bits per heavy atom. The van der Waals surface area contributed by atoms with Crippen molar-refractivity contribution in [1.82, 2.24) is 14.5 Å². The predicted molar refractivity (Wildman–Crippen MR) is 124 cm³/mol. The van der Waals surface area contributed by atoms with Crippen LogP contribution in [-0.2, 0) is 22.7 Å². The van der Waals surface area contributed by atoms with E-state index < -0.39 is 51.6 Å². The first-order chi connectivity index (χ1) is 16.4. The van der Waals surface area contributed by atoms with Crippen molar-refractivity contribution in [2.75, 3.05) is 12.9 Å². The van der Waals surface area contributed by atoms with Crippen LogP contribution < -0.4 is 5.14 Å². The molecule has 1 atom stereocenters. The van der Waals surface area contributed by atoms with Crippen molar-refractivity contribution in [3.63, 3.8) is 0 Å². The van der Waals surface area contributed by atoms with E-state index >= 15 is 0 Å². The first kappa shape index (κ1) is 27.9. The average molecular weight is 537 g/mol. The van der Waals surface area contributed by atoms with Crippen LogP contribution in [-0.4, -0.2) is 42.2 Å². The molecule has 0 saturated heterocycles. The molecule has 1 aromatic carbocycles. The van der Waals surface area contributed by atoms with Crippen molar-refractivity contribution in [3.8, 4) is 11.3 Å². The number of sulfonamides is 1. The Kier molecular flexibility index (Phi) is 7.51. The number of aromatic nitrogens is 2. The van der Waals surface area contributed by atoms with Gasteiger partial charge >= 0.3 is 6.18 Å². The summed E-state index contributed by atoms with van der Waals surface area (Å²) in [6.45, 7) is 5.99. The zero-order valence-electron chi connectivity index (χ0n) is 19.9. The van der Waals surface area contributed by atoms with Crippen LogP contribution in [0.4, 0.5) is 26.3 Å². The Labute approximate surface area is 204 Å². The molecule has 198 valence electrons. The first-order valence-corrected chi connectivity index (χ1v) is 12.4. The van der Waals surface area contributed by atoms with Crippen LogP contribution in [0.25, 0.3) is 22.2 Å². The van der Waals surface area contributed by atoms with Gasteiger partial charge in [-0.25, -0.2) is 26.7 Å². The molecule has 0 aliphatic heterocycles. The second kappa shape index (κ2) is 9.67. The number of benzene rings is 1. The number of rotatable bonds is 7. The van der Waals surface area contributed by atoms with E-state index in [1.165, 1.54) is 31.4 Å². The zero-order valence-corrected chi connectivity index (χ0v) is 20.8. The lowest BCUT2D eigenvalue weighted by Crippen LogP contribution is -2.36. The number of nitrogens with zero attached hydrogens (tertiary/aromatic N) is 3. The number of alkyl halides is 5. The highest BCUT2D eigenvalue weighted by molar-refractivity contribution is 7.89. The smallest absolute Gasteiger partial charge is 0.347 e. The van der Waals surface area contributed by atoms with E-state index in [-0.39, 0.29) is 16.5 Å². The highest BCUT2D eigenvalue weighted by Crippen LogP contribution is 2.40. The summed E-state index contributed by atoms with van der Waals surface area (Å²) in [5.74, 6) is -1.98. The Morgan fingerprint density at radius 3 is 2.31 bits per heavy atom. The summed E-state index contributed by atoms with van der Waals surface area (Å²) in [6, 6.07) is 2.73. The van der Waals surface area contributed by atoms with Gasteiger partial charge in [-0.2, -0.15) is 13.2 Å². The van der Waals surface area contributed by atoms with Gasteiger partial charge in [0.25, 0.3) is 6.43 Å². The van der Waals surface area contributed by atoms with Crippen molar-refractivity contribution in [1.29, 1.82) is 0 Å². The Hall–Kier alpha value is -2.64. The van der Waals surface area contributed by atoms with Gasteiger partial charge in [0.05, 0.1) is 23.5 Å². The molecule has 13 heteroatoms. The number of halogens is 6. The van der Waals surface area contributed by atoms with Crippen LogP contribution in [0, 0.1) is 11.2 Å². The molecule has 6 nitrogen and oxygen atoms in total. The molecule has 0 radical (unpaired) electrons. The maximum Gasteiger partial charge on any atom is 0.418 e. The fourth-order valence-electron chi connectivity index (χ4n) is 4.16. The summed E-state index contributed by atoms with van der Waals surface area (Å²) in [5.41, 5.74) is -1.68. The molecule has 2 heterocycles. The van der Waals surface area contributed by atoms with Gasteiger partial charge in [-0.15, -0.1) is 0 Å². The first-order valence-electron chi connectivity index (χ1n) is 10.7. The monoisotopic (exact) mass is 536 g/mol. The van der Waals surface area contributed by atoms with Crippen molar-refractivity contribution in [2.45, 2.75) is 46.0 Å². The third kappa shape index (κ3) is 6.37. The topological polar surface area (TPSA) is 81.2 Å². The minimum absolute atomic E-state index is 0.0149. The van der Waals surface area contributed by atoms with Gasteiger partial charge < -0.3 is 4.57 Å². The van der Waals surface area contributed by atoms with Crippen LogP contribution in [0.1, 0.15) is 37.9 Å². The van der Waals surface area contributed by atoms with Crippen LogP contribution in [0.2, 0.25) is 0 Å². The van der Waals surface area contributed by atoms with Crippen LogP contribution in [0.3, 0.4) is 0 Å². The summed E-state index contributed by atoms with van der Waals surface area (Å²) in [6.07, 6.45) is -5.77. The van der Waals surface area contributed by atoms with E-state index in [1.807, 2.05) is 20.8 Å². The van der Waals surface area contributed by atoms with Gasteiger partial charge in [0.2, 0.25) is 10.0 Å². The zero-order chi connectivity index (χ0) is 27.2. The lowest BCUT2D eigenvalue weighted by Gasteiger charge is -2.26. The molecule has 0 saturated carbocycles. The maximum atomic E-state index is 14.2. The third-order valence-electron chi connectivity index (χ3n) is 5.41. The standard InChI is InChI=1S/C23H26F6N4O2S/c1-22(2,3)11-33-10-16(20(21(25)26)32(4)12-36(30,34)35)15-6-5-13(7-18(15)33)19-17(23(27,28)29)8-14(24)9-31-19/h5-10,20-21H,11-12H2,1-4H3,(H2,30,34,35). The molecular weight excluding hydrogens is 510 g/mol. The predicted octanol–water partition coefficient (Wildman–Crippen LogP) is 5.39. The molecule has 0 spiro atoms. The number of nitrogens with two attached hydrogens (primary N) is 1. The number of primary sulfonamides is 1. The lowest BCUT2D eigenvalue weighted by molar-refractivity contribution is -0.137.